The minimum absolute atomic E-state index is 0. The van der Waals surface area contributed by atoms with Crippen molar-refractivity contribution in [3.63, 3.8) is 0 Å². The number of hydrogen-bond donors (Lipinski definition) is 0. The molecule has 3 aliphatic rings. The molecule has 0 radical (unpaired) electrons. The molecule has 1 saturated carbocycles. The minimum atomic E-state index is -2.53. The summed E-state index contributed by atoms with van der Waals surface area (Å²) in [6, 6.07) is 47.8. The van der Waals surface area contributed by atoms with Crippen molar-refractivity contribution in [2.45, 2.75) is 148 Å². The molecule has 72 heavy (non-hydrogen) atoms. The van der Waals surface area contributed by atoms with Crippen LogP contribution in [0.5, 0.6) is 0 Å². The van der Waals surface area contributed by atoms with Crippen LogP contribution in [0.15, 0.2) is 128 Å². The second-order valence-corrected chi connectivity index (χ2v) is 22.2. The Morgan fingerprint density at radius 3 is 1.61 bits per heavy atom. The molecule has 8 aromatic rings. The number of fused-ring (bicyclic) bond motifs is 2. The molecule has 364 valence electrons. The number of aryl methyl sites for hydroxylation is 8. The van der Waals surface area contributed by atoms with Crippen LogP contribution >= 0.6 is 0 Å². The Hall–Kier alpha value is -5.80. The Kier molecular flexibility index (Phi) is 13.1. The molecule has 11 rings (SSSR count). The van der Waals surface area contributed by atoms with Crippen molar-refractivity contribution in [3.05, 3.63) is 218 Å². The molecular formula is C68H68IrN3. The molecule has 3 aliphatic carbocycles. The van der Waals surface area contributed by atoms with Crippen molar-refractivity contribution >= 4 is 0 Å². The van der Waals surface area contributed by atoms with Gasteiger partial charge in [0, 0.05) is 24.1 Å². The summed E-state index contributed by atoms with van der Waals surface area (Å²) >= 11 is 0. The van der Waals surface area contributed by atoms with Gasteiger partial charge in [0.1, 0.15) is 0 Å². The molecular weight excluding hydrogens is 1050 g/mol. The van der Waals surface area contributed by atoms with E-state index in [0.717, 1.165) is 92.7 Å². The summed E-state index contributed by atoms with van der Waals surface area (Å²) in [5, 5.41) is 0. The van der Waals surface area contributed by atoms with Gasteiger partial charge in [-0.15, -0.1) is 106 Å². The summed E-state index contributed by atoms with van der Waals surface area (Å²) < 4.78 is 40.6. The molecule has 1 fully saturated rings. The minimum Gasteiger partial charge on any atom is -0.304 e. The summed E-state index contributed by atoms with van der Waals surface area (Å²) in [5.41, 5.74) is 19.6. The Labute approximate surface area is 449 Å². The van der Waals surface area contributed by atoms with Crippen molar-refractivity contribution in [1.29, 1.82) is 0 Å². The van der Waals surface area contributed by atoms with Crippen molar-refractivity contribution in [2.75, 3.05) is 0 Å². The van der Waals surface area contributed by atoms with E-state index in [1.165, 1.54) is 66.3 Å². The molecule has 5 aromatic carbocycles. The van der Waals surface area contributed by atoms with Crippen molar-refractivity contribution < 1.29 is 25.6 Å². The molecule has 3 aromatic heterocycles. The van der Waals surface area contributed by atoms with Gasteiger partial charge in [-0.1, -0.05) is 127 Å². The summed E-state index contributed by atoms with van der Waals surface area (Å²) in [6.07, 6.45) is 13.3. The van der Waals surface area contributed by atoms with Gasteiger partial charge in [0.15, 0.2) is 0 Å². The summed E-state index contributed by atoms with van der Waals surface area (Å²) in [6.45, 7) is 13.1. The molecule has 0 saturated heterocycles. The van der Waals surface area contributed by atoms with E-state index in [-0.39, 0.29) is 25.7 Å². The predicted molar refractivity (Wildman–Crippen MR) is 293 cm³/mol. The molecule has 0 bridgehead atoms. The number of rotatable bonds is 14. The van der Waals surface area contributed by atoms with E-state index in [1.54, 1.807) is 6.20 Å². The molecule has 0 unspecified atom stereocenters. The fourth-order valence-corrected chi connectivity index (χ4v) is 12.0. The van der Waals surface area contributed by atoms with E-state index < -0.39 is 23.6 Å². The average Bonchev–Trinajstić information content (AvgIpc) is 4.24. The van der Waals surface area contributed by atoms with E-state index in [4.69, 9.17) is 15.0 Å². The van der Waals surface area contributed by atoms with Crippen LogP contribution in [0.1, 0.15) is 150 Å². The maximum atomic E-state index is 10.2. The zero-order valence-corrected chi connectivity index (χ0v) is 45.3. The molecule has 3 heterocycles. The van der Waals surface area contributed by atoms with Crippen molar-refractivity contribution in [3.8, 4) is 44.9 Å². The Bertz CT molecular complexity index is 3250. The number of nitrogens with zero attached hydrogens (tertiary/aromatic N) is 3. The predicted octanol–water partition coefficient (Wildman–Crippen LogP) is 16.0. The van der Waals surface area contributed by atoms with Gasteiger partial charge in [0.2, 0.25) is 0 Å². The van der Waals surface area contributed by atoms with Crippen molar-refractivity contribution in [1.82, 2.24) is 15.0 Å². The van der Waals surface area contributed by atoms with Crippen LogP contribution in [0.2, 0.25) is 0 Å². The Morgan fingerprint density at radius 2 is 1.08 bits per heavy atom. The van der Waals surface area contributed by atoms with Crippen LogP contribution in [0.4, 0.5) is 0 Å². The van der Waals surface area contributed by atoms with Crippen LogP contribution in [-0.4, -0.2) is 15.0 Å². The van der Waals surface area contributed by atoms with E-state index in [0.29, 0.717) is 35.6 Å². The van der Waals surface area contributed by atoms with Gasteiger partial charge in [-0.2, -0.15) is 0 Å². The quantitative estimate of drug-likeness (QED) is 0.102. The van der Waals surface area contributed by atoms with E-state index in [1.807, 2.05) is 54.9 Å². The standard InChI is InChI=1S/C68H68N3.Ir/c1-45-32-59(50-14-10-11-15-50)33-46(2)66(45)62-39-65(53-16-8-7-9-17-53)69-42-58(62)23-22-47-34-48(40-67(3,4)60-28-30-63(70-43-60)56-26-24-51-18-12-20-54(51)37-56)36-49(35-47)41-68(5,6)61-29-31-64(71-44-61)57-27-25-52-19-13-21-55(52)38-57;/h7-9,16,24-25,28-39,42-44,50H,10-15,18-23,40-41H2,1-6H3;/q-3;+3/i22D2,23D2;. The maximum Gasteiger partial charge on any atom is 3.00 e. The van der Waals surface area contributed by atoms with Gasteiger partial charge >= 0.3 is 20.1 Å². The fourth-order valence-electron chi connectivity index (χ4n) is 12.0. The van der Waals surface area contributed by atoms with Gasteiger partial charge in [-0.25, -0.2) is 0 Å². The molecule has 0 amide bonds. The third kappa shape index (κ3) is 10.6. The molecule has 3 nitrogen and oxygen atoms in total. The zero-order valence-electron chi connectivity index (χ0n) is 46.9. The van der Waals surface area contributed by atoms with Gasteiger partial charge in [0.05, 0.1) is 0 Å². The maximum absolute atomic E-state index is 10.2. The summed E-state index contributed by atoms with van der Waals surface area (Å²) in [7, 11) is 0. The number of aromatic nitrogens is 3. The first-order chi connectivity index (χ1) is 35.9. The number of benzene rings is 5. The number of pyridine rings is 3. The SMILES string of the molecule is [2H]C([2H])(c1cc(CC(C)(C)c2ccc(-c3[c-]cc4c(c3)CCC4)nc2)cc(CC(C)(C)c2ccc(-c3[c-]cc4c(c3)CCC4)nc2)c1)C([2H])([2H])c1cnc(-c2[c-]cccc2)cc1-c1c(C)cc(C2CCCC2)cc1C.[Ir+3]. The van der Waals surface area contributed by atoms with Gasteiger partial charge in [-0.3, -0.25) is 0 Å². The van der Waals surface area contributed by atoms with Gasteiger partial charge in [0.25, 0.3) is 0 Å². The van der Waals surface area contributed by atoms with Crippen molar-refractivity contribution in [2.24, 2.45) is 0 Å². The van der Waals surface area contributed by atoms with Crippen LogP contribution in [-0.2, 0) is 82.2 Å². The Morgan fingerprint density at radius 1 is 0.542 bits per heavy atom. The third-order valence-electron chi connectivity index (χ3n) is 15.9. The van der Waals surface area contributed by atoms with Crippen LogP contribution in [0, 0.1) is 32.0 Å². The first-order valence-corrected chi connectivity index (χ1v) is 26.2. The van der Waals surface area contributed by atoms with Gasteiger partial charge in [-0.05, 0) is 160 Å². The summed E-state index contributed by atoms with van der Waals surface area (Å²) in [4.78, 5) is 14.8. The molecule has 0 N–H and O–H groups in total. The Balaban J connectivity index is 0.00000657. The topological polar surface area (TPSA) is 38.7 Å². The third-order valence-corrected chi connectivity index (χ3v) is 15.9. The zero-order chi connectivity index (χ0) is 52.3. The first kappa shape index (κ1) is 44.9. The fraction of sp³-hybridized carbons (Fsp3) is 0.338. The van der Waals surface area contributed by atoms with E-state index in [2.05, 4.69) is 126 Å². The van der Waals surface area contributed by atoms with Crippen LogP contribution < -0.4 is 0 Å². The van der Waals surface area contributed by atoms with Crippen LogP contribution in [0.25, 0.3) is 44.9 Å². The molecule has 0 spiro atoms. The second-order valence-electron chi connectivity index (χ2n) is 22.2. The second kappa shape index (κ2) is 21.0. The van der Waals surface area contributed by atoms with E-state index >= 15 is 0 Å². The number of hydrogen-bond acceptors (Lipinski definition) is 3. The first-order valence-electron chi connectivity index (χ1n) is 28.2. The largest absolute Gasteiger partial charge is 3.00 e. The normalized spacial score (nSPS) is 15.8. The molecule has 4 heteroatoms. The van der Waals surface area contributed by atoms with Gasteiger partial charge < -0.3 is 15.0 Å². The molecule has 0 aliphatic heterocycles. The molecule has 0 atom stereocenters. The average molecular weight is 1120 g/mol. The smallest absolute Gasteiger partial charge is 0.304 e. The summed E-state index contributed by atoms with van der Waals surface area (Å²) in [5.74, 6) is 0.521. The monoisotopic (exact) mass is 1120 g/mol. The van der Waals surface area contributed by atoms with E-state index in [9.17, 15) is 5.48 Å². The van der Waals surface area contributed by atoms with Crippen LogP contribution in [0.3, 0.4) is 0 Å².